The minimum Gasteiger partial charge on any atom is -0.484 e. The monoisotopic (exact) mass is 370 g/mol. The molecular formula is C18H19ClN6O. The van der Waals surface area contributed by atoms with E-state index in [-0.39, 0.29) is 6.10 Å². The minimum absolute atomic E-state index is 0.0926. The summed E-state index contributed by atoms with van der Waals surface area (Å²) in [5, 5.41) is 8.55. The zero-order valence-electron chi connectivity index (χ0n) is 14.2. The first-order valence-electron chi connectivity index (χ1n) is 8.87. The first kappa shape index (κ1) is 15.8. The zero-order valence-corrected chi connectivity index (χ0v) is 15.0. The van der Waals surface area contributed by atoms with Gasteiger partial charge in [-0.15, -0.1) is 0 Å². The van der Waals surface area contributed by atoms with E-state index in [4.69, 9.17) is 21.3 Å². The van der Waals surface area contributed by atoms with E-state index in [0.29, 0.717) is 10.8 Å². The average Bonchev–Trinajstić information content (AvgIpc) is 2.95. The number of hydrogen-bond acceptors (Lipinski definition) is 6. The minimum atomic E-state index is 0.0926. The van der Waals surface area contributed by atoms with Crippen LogP contribution < -0.4 is 15.0 Å². The normalized spacial score (nSPS) is 17.7. The van der Waals surface area contributed by atoms with Gasteiger partial charge in [0, 0.05) is 30.8 Å². The smallest absolute Gasteiger partial charge is 0.157 e. The lowest BCUT2D eigenvalue weighted by Crippen LogP contribution is -2.55. The molecule has 134 valence electrons. The van der Waals surface area contributed by atoms with Crippen LogP contribution in [0.25, 0.3) is 5.65 Å². The first-order chi connectivity index (χ1) is 12.8. The van der Waals surface area contributed by atoms with E-state index in [2.05, 4.69) is 20.3 Å². The molecule has 0 aliphatic carbocycles. The van der Waals surface area contributed by atoms with Crippen molar-refractivity contribution in [2.75, 3.05) is 31.1 Å². The third kappa shape index (κ3) is 2.68. The van der Waals surface area contributed by atoms with Gasteiger partial charge >= 0.3 is 0 Å². The third-order valence-corrected chi connectivity index (χ3v) is 5.27. The molecule has 5 rings (SSSR count). The molecule has 0 aromatic carbocycles. The number of halogens is 1. The molecule has 0 radical (unpaired) electrons. The Hall–Kier alpha value is -2.38. The molecule has 26 heavy (non-hydrogen) atoms. The highest BCUT2D eigenvalue weighted by atomic mass is 35.5. The fourth-order valence-electron chi connectivity index (χ4n) is 3.65. The molecule has 0 bridgehead atoms. The summed E-state index contributed by atoms with van der Waals surface area (Å²) in [7, 11) is 0. The Morgan fingerprint density at radius 2 is 2.04 bits per heavy atom. The van der Waals surface area contributed by atoms with Gasteiger partial charge in [-0.05, 0) is 19.0 Å². The predicted molar refractivity (Wildman–Crippen MR) is 99.1 cm³/mol. The van der Waals surface area contributed by atoms with E-state index in [1.165, 1.54) is 11.3 Å². The van der Waals surface area contributed by atoms with Crippen LogP contribution in [0.5, 0.6) is 5.75 Å². The largest absolute Gasteiger partial charge is 0.484 e. The summed E-state index contributed by atoms with van der Waals surface area (Å²) >= 11 is 6.17. The van der Waals surface area contributed by atoms with Crippen LogP contribution >= 0.6 is 11.6 Å². The third-order valence-electron chi connectivity index (χ3n) is 4.96. The van der Waals surface area contributed by atoms with Crippen molar-refractivity contribution in [3.63, 3.8) is 0 Å². The van der Waals surface area contributed by atoms with Crippen LogP contribution in [0.3, 0.4) is 0 Å². The van der Waals surface area contributed by atoms with E-state index < -0.39 is 0 Å². The topological polar surface area (TPSA) is 67.6 Å². The van der Waals surface area contributed by atoms with Gasteiger partial charge in [-0.1, -0.05) is 11.6 Å². The number of aromatic nitrogens is 4. The molecule has 2 aliphatic rings. The lowest BCUT2D eigenvalue weighted by atomic mass is 10.1. The molecule has 0 saturated carbocycles. The van der Waals surface area contributed by atoms with Crippen LogP contribution in [0.2, 0.25) is 5.02 Å². The molecule has 0 spiro atoms. The highest BCUT2D eigenvalue weighted by Gasteiger charge is 2.33. The van der Waals surface area contributed by atoms with Gasteiger partial charge in [0.2, 0.25) is 0 Å². The number of fused-ring (bicyclic) bond motifs is 2. The number of nitrogens with zero attached hydrogens (tertiary/aromatic N) is 5. The number of nitrogens with one attached hydrogen (secondary N) is 1. The summed E-state index contributed by atoms with van der Waals surface area (Å²) in [5.41, 5.74) is 3.38. The van der Waals surface area contributed by atoms with Crippen molar-refractivity contribution < 1.29 is 4.74 Å². The van der Waals surface area contributed by atoms with Gasteiger partial charge in [0.15, 0.2) is 11.4 Å². The van der Waals surface area contributed by atoms with Crippen molar-refractivity contribution in [1.29, 1.82) is 0 Å². The second-order valence-corrected chi connectivity index (χ2v) is 7.07. The van der Waals surface area contributed by atoms with Gasteiger partial charge in [0.05, 0.1) is 36.2 Å². The second kappa shape index (κ2) is 6.41. The number of rotatable bonds is 3. The molecule has 8 heteroatoms. The SMILES string of the molecule is Clc1ccncc1OC1CN(c2c3c(nc4ccnn24)CCNCC3)C1. The molecule has 2 aliphatic heterocycles. The maximum absolute atomic E-state index is 6.17. The van der Waals surface area contributed by atoms with Crippen LogP contribution in [0, 0.1) is 0 Å². The van der Waals surface area contributed by atoms with Gasteiger partial charge in [0.25, 0.3) is 0 Å². The Labute approximate surface area is 156 Å². The lowest BCUT2D eigenvalue weighted by Gasteiger charge is -2.41. The number of ether oxygens (including phenoxy) is 1. The fourth-order valence-corrected chi connectivity index (χ4v) is 3.80. The molecule has 3 aromatic heterocycles. The van der Waals surface area contributed by atoms with Crippen molar-refractivity contribution in [2.45, 2.75) is 18.9 Å². The molecule has 0 atom stereocenters. The fraction of sp³-hybridized carbons (Fsp3) is 0.389. The van der Waals surface area contributed by atoms with Crippen LogP contribution in [-0.2, 0) is 12.8 Å². The molecule has 7 nitrogen and oxygen atoms in total. The quantitative estimate of drug-likeness (QED) is 0.757. The molecule has 1 N–H and O–H groups in total. The highest BCUT2D eigenvalue weighted by Crippen LogP contribution is 2.32. The van der Waals surface area contributed by atoms with E-state index >= 15 is 0 Å². The standard InChI is InChI=1S/C18H19ClN6O/c19-14-2-6-21-9-16(14)26-12-10-24(11-12)18-13-1-5-20-7-3-15(13)23-17-4-8-22-25(17)18/h2,4,6,8-9,12,20H,1,3,5,7,10-11H2. The zero-order chi connectivity index (χ0) is 17.5. The lowest BCUT2D eigenvalue weighted by molar-refractivity contribution is 0.166. The summed E-state index contributed by atoms with van der Waals surface area (Å²) in [5.74, 6) is 1.79. The molecule has 0 unspecified atom stereocenters. The van der Waals surface area contributed by atoms with Crippen LogP contribution in [0.1, 0.15) is 11.3 Å². The van der Waals surface area contributed by atoms with Gasteiger partial charge in [-0.2, -0.15) is 9.61 Å². The highest BCUT2D eigenvalue weighted by molar-refractivity contribution is 6.31. The Balaban J connectivity index is 1.43. The van der Waals surface area contributed by atoms with Crippen LogP contribution in [0.4, 0.5) is 5.82 Å². The van der Waals surface area contributed by atoms with Crippen molar-refractivity contribution in [3.8, 4) is 5.75 Å². The summed E-state index contributed by atoms with van der Waals surface area (Å²) in [6, 6.07) is 3.71. The molecule has 1 fully saturated rings. The molecular weight excluding hydrogens is 352 g/mol. The van der Waals surface area contributed by atoms with Crippen molar-refractivity contribution in [2.24, 2.45) is 0 Å². The summed E-state index contributed by atoms with van der Waals surface area (Å²) < 4.78 is 7.96. The number of anilines is 1. The predicted octanol–water partition coefficient (Wildman–Crippen LogP) is 1.73. The Kier molecular flexibility index (Phi) is 3.90. The Morgan fingerprint density at radius 3 is 2.92 bits per heavy atom. The van der Waals surface area contributed by atoms with E-state index in [9.17, 15) is 0 Å². The van der Waals surface area contributed by atoms with Gasteiger partial charge in [-0.3, -0.25) is 4.98 Å². The molecule has 0 amide bonds. The molecule has 3 aromatic rings. The van der Waals surface area contributed by atoms with Gasteiger partial charge in [0.1, 0.15) is 11.9 Å². The van der Waals surface area contributed by atoms with Gasteiger partial charge < -0.3 is 15.0 Å². The summed E-state index contributed by atoms with van der Waals surface area (Å²) in [6.45, 7) is 3.52. The first-order valence-corrected chi connectivity index (χ1v) is 9.25. The molecule has 1 saturated heterocycles. The average molecular weight is 371 g/mol. The molecule has 5 heterocycles. The van der Waals surface area contributed by atoms with Crippen molar-refractivity contribution in [1.82, 2.24) is 24.9 Å². The number of pyridine rings is 1. The van der Waals surface area contributed by atoms with Gasteiger partial charge in [-0.25, -0.2) is 4.98 Å². The maximum atomic E-state index is 6.17. The van der Waals surface area contributed by atoms with Crippen molar-refractivity contribution >= 4 is 23.1 Å². The maximum Gasteiger partial charge on any atom is 0.157 e. The second-order valence-electron chi connectivity index (χ2n) is 6.66. The van der Waals surface area contributed by atoms with Crippen molar-refractivity contribution in [3.05, 3.63) is 47.0 Å². The number of hydrogen-bond donors (Lipinski definition) is 1. The van der Waals surface area contributed by atoms with E-state index in [1.54, 1.807) is 18.5 Å². The Bertz CT molecular complexity index is 952. The summed E-state index contributed by atoms with van der Waals surface area (Å²) in [6.07, 6.45) is 7.15. The van der Waals surface area contributed by atoms with Crippen LogP contribution in [-0.4, -0.2) is 51.9 Å². The van der Waals surface area contributed by atoms with E-state index in [0.717, 1.165) is 50.5 Å². The van der Waals surface area contributed by atoms with E-state index in [1.807, 2.05) is 16.8 Å². The summed E-state index contributed by atoms with van der Waals surface area (Å²) in [4.78, 5) is 11.2. The van der Waals surface area contributed by atoms with Crippen LogP contribution in [0.15, 0.2) is 30.7 Å². The Morgan fingerprint density at radius 1 is 1.15 bits per heavy atom.